The SMILES string of the molecule is COc1ccc(CC(=O)N(CC(=O)Nc2cc(-c3ccccc3)nn2-c2ccc(F)cc2)C(C)C)cc1. The number of hydrogen-bond acceptors (Lipinski definition) is 4. The predicted octanol–water partition coefficient (Wildman–Crippen LogP) is 5.11. The van der Waals surface area contributed by atoms with Crippen LogP contribution >= 0.6 is 0 Å². The second-order valence-electron chi connectivity index (χ2n) is 8.86. The van der Waals surface area contributed by atoms with E-state index in [0.29, 0.717) is 22.9 Å². The number of carbonyl (C=O) groups is 2. The highest BCUT2D eigenvalue weighted by atomic mass is 19.1. The molecule has 0 spiro atoms. The first kappa shape index (κ1) is 25.6. The molecule has 0 saturated heterocycles. The lowest BCUT2D eigenvalue weighted by Gasteiger charge is -2.26. The molecule has 7 nitrogen and oxygen atoms in total. The molecule has 0 bridgehead atoms. The predicted molar refractivity (Wildman–Crippen MR) is 141 cm³/mol. The number of nitrogens with one attached hydrogen (secondary N) is 1. The molecule has 0 atom stereocenters. The van der Waals surface area contributed by atoms with E-state index < -0.39 is 0 Å². The highest BCUT2D eigenvalue weighted by Crippen LogP contribution is 2.25. The average molecular weight is 501 g/mol. The number of amides is 2. The number of hydrogen-bond donors (Lipinski definition) is 1. The fourth-order valence-electron chi connectivity index (χ4n) is 3.91. The van der Waals surface area contributed by atoms with Gasteiger partial charge in [-0.2, -0.15) is 5.10 Å². The minimum atomic E-state index is -0.368. The fourth-order valence-corrected chi connectivity index (χ4v) is 3.91. The number of aromatic nitrogens is 2. The number of anilines is 1. The second-order valence-corrected chi connectivity index (χ2v) is 8.86. The van der Waals surface area contributed by atoms with Crippen LogP contribution in [0.15, 0.2) is 84.9 Å². The molecule has 0 radical (unpaired) electrons. The van der Waals surface area contributed by atoms with Crippen molar-refractivity contribution in [3.8, 4) is 22.7 Å². The van der Waals surface area contributed by atoms with E-state index in [2.05, 4.69) is 10.4 Å². The highest BCUT2D eigenvalue weighted by Gasteiger charge is 2.22. The molecule has 1 N–H and O–H groups in total. The van der Waals surface area contributed by atoms with Gasteiger partial charge in [0.05, 0.1) is 24.9 Å². The smallest absolute Gasteiger partial charge is 0.245 e. The van der Waals surface area contributed by atoms with Gasteiger partial charge < -0.3 is 15.0 Å². The number of methoxy groups -OCH3 is 1. The van der Waals surface area contributed by atoms with Crippen LogP contribution in [-0.2, 0) is 16.0 Å². The Bertz CT molecular complexity index is 1350. The van der Waals surface area contributed by atoms with Crippen LogP contribution < -0.4 is 10.1 Å². The van der Waals surface area contributed by atoms with Crippen LogP contribution in [0.3, 0.4) is 0 Å². The molecular weight excluding hydrogens is 471 g/mol. The van der Waals surface area contributed by atoms with Crippen molar-refractivity contribution >= 4 is 17.6 Å². The first-order valence-corrected chi connectivity index (χ1v) is 12.0. The van der Waals surface area contributed by atoms with Gasteiger partial charge >= 0.3 is 0 Å². The van der Waals surface area contributed by atoms with E-state index in [1.165, 1.54) is 17.0 Å². The molecular formula is C29H29FN4O3. The lowest BCUT2D eigenvalue weighted by molar-refractivity contribution is -0.135. The van der Waals surface area contributed by atoms with E-state index in [1.54, 1.807) is 42.1 Å². The Hall–Kier alpha value is -4.46. The van der Waals surface area contributed by atoms with Gasteiger partial charge in [0.15, 0.2) is 0 Å². The van der Waals surface area contributed by atoms with Crippen molar-refractivity contribution in [3.05, 3.63) is 96.3 Å². The Balaban J connectivity index is 1.54. The molecule has 4 aromatic rings. The zero-order valence-electron chi connectivity index (χ0n) is 21.0. The lowest BCUT2D eigenvalue weighted by Crippen LogP contribution is -2.43. The van der Waals surface area contributed by atoms with Crippen molar-refractivity contribution < 1.29 is 18.7 Å². The quantitative estimate of drug-likeness (QED) is 0.347. The van der Waals surface area contributed by atoms with E-state index in [-0.39, 0.29) is 36.6 Å². The first-order valence-electron chi connectivity index (χ1n) is 12.0. The maximum atomic E-state index is 13.5. The molecule has 2 amide bonds. The summed E-state index contributed by atoms with van der Waals surface area (Å²) in [5.74, 6) is 0.241. The molecule has 1 aromatic heterocycles. The van der Waals surface area contributed by atoms with Gasteiger partial charge in [0.2, 0.25) is 11.8 Å². The molecule has 0 saturated carbocycles. The molecule has 8 heteroatoms. The molecule has 4 rings (SSSR count). The number of benzene rings is 3. The summed E-state index contributed by atoms with van der Waals surface area (Å²) in [7, 11) is 1.59. The molecule has 0 aliphatic rings. The molecule has 3 aromatic carbocycles. The Morgan fingerprint density at radius 2 is 1.68 bits per heavy atom. The third-order valence-electron chi connectivity index (χ3n) is 5.89. The van der Waals surface area contributed by atoms with Crippen molar-refractivity contribution in [1.82, 2.24) is 14.7 Å². The highest BCUT2D eigenvalue weighted by molar-refractivity contribution is 5.95. The molecule has 0 aliphatic heterocycles. The van der Waals surface area contributed by atoms with Gasteiger partial charge in [0.25, 0.3) is 0 Å². The fraction of sp³-hybridized carbons (Fsp3) is 0.207. The summed E-state index contributed by atoms with van der Waals surface area (Å²) >= 11 is 0. The van der Waals surface area contributed by atoms with E-state index >= 15 is 0 Å². The molecule has 0 unspecified atom stereocenters. The standard InChI is InChI=1S/C29H29FN4O3/c1-20(2)33(29(36)17-21-9-15-25(37-3)16-10-21)19-28(35)31-27-18-26(22-7-5-4-6-8-22)32-34(27)24-13-11-23(30)12-14-24/h4-16,18,20H,17,19H2,1-3H3,(H,31,35). The van der Waals surface area contributed by atoms with Crippen LogP contribution in [0.4, 0.5) is 10.2 Å². The van der Waals surface area contributed by atoms with Crippen LogP contribution in [0.5, 0.6) is 5.75 Å². The van der Waals surface area contributed by atoms with Gasteiger partial charge in [-0.05, 0) is 55.8 Å². The van der Waals surface area contributed by atoms with E-state index in [4.69, 9.17) is 4.74 Å². The van der Waals surface area contributed by atoms with Gasteiger partial charge in [-0.1, -0.05) is 42.5 Å². The summed E-state index contributed by atoms with van der Waals surface area (Å²) in [5, 5.41) is 7.53. The summed E-state index contributed by atoms with van der Waals surface area (Å²) in [5.41, 5.74) is 2.95. The van der Waals surface area contributed by atoms with Crippen LogP contribution in [0.25, 0.3) is 16.9 Å². The Morgan fingerprint density at radius 1 is 1.00 bits per heavy atom. The topological polar surface area (TPSA) is 76.5 Å². The van der Waals surface area contributed by atoms with E-state index in [1.807, 2.05) is 56.3 Å². The molecule has 0 fully saturated rings. The maximum absolute atomic E-state index is 13.5. The van der Waals surface area contributed by atoms with E-state index in [0.717, 1.165) is 11.1 Å². The summed E-state index contributed by atoms with van der Waals surface area (Å²) in [4.78, 5) is 27.7. The number of nitrogens with zero attached hydrogens (tertiary/aromatic N) is 3. The van der Waals surface area contributed by atoms with Crippen molar-refractivity contribution in [2.24, 2.45) is 0 Å². The molecule has 1 heterocycles. The Kier molecular flexibility index (Phi) is 7.98. The van der Waals surface area contributed by atoms with Gasteiger partial charge in [-0.25, -0.2) is 9.07 Å². The number of ether oxygens (including phenoxy) is 1. The maximum Gasteiger partial charge on any atom is 0.245 e. The first-order chi connectivity index (χ1) is 17.8. The summed E-state index contributed by atoms with van der Waals surface area (Å²) in [6, 6.07) is 24.3. The zero-order chi connectivity index (χ0) is 26.4. The van der Waals surface area contributed by atoms with Gasteiger partial charge in [0.1, 0.15) is 23.9 Å². The number of carbonyl (C=O) groups excluding carboxylic acids is 2. The van der Waals surface area contributed by atoms with Gasteiger partial charge in [-0.3, -0.25) is 9.59 Å². The minimum Gasteiger partial charge on any atom is -0.497 e. The van der Waals surface area contributed by atoms with Gasteiger partial charge in [-0.15, -0.1) is 0 Å². The second kappa shape index (κ2) is 11.5. The summed E-state index contributed by atoms with van der Waals surface area (Å²) in [6.45, 7) is 3.62. The van der Waals surface area contributed by atoms with Crippen LogP contribution in [-0.4, -0.2) is 46.2 Å². The zero-order valence-corrected chi connectivity index (χ0v) is 21.0. The Labute approximate surface area is 215 Å². The minimum absolute atomic E-state index is 0.123. The molecule has 190 valence electrons. The number of rotatable bonds is 9. The Morgan fingerprint density at radius 3 is 2.30 bits per heavy atom. The van der Waals surface area contributed by atoms with E-state index in [9.17, 15) is 14.0 Å². The van der Waals surface area contributed by atoms with Crippen molar-refractivity contribution in [3.63, 3.8) is 0 Å². The third kappa shape index (κ3) is 6.41. The third-order valence-corrected chi connectivity index (χ3v) is 5.89. The molecule has 0 aliphatic carbocycles. The average Bonchev–Trinajstić information content (AvgIpc) is 3.32. The summed E-state index contributed by atoms with van der Waals surface area (Å²) in [6.07, 6.45) is 0.168. The largest absolute Gasteiger partial charge is 0.497 e. The van der Waals surface area contributed by atoms with Crippen LogP contribution in [0, 0.1) is 5.82 Å². The van der Waals surface area contributed by atoms with Crippen molar-refractivity contribution in [2.45, 2.75) is 26.3 Å². The normalized spacial score (nSPS) is 10.8. The lowest BCUT2D eigenvalue weighted by atomic mass is 10.1. The van der Waals surface area contributed by atoms with Crippen LogP contribution in [0.1, 0.15) is 19.4 Å². The molecule has 37 heavy (non-hydrogen) atoms. The van der Waals surface area contributed by atoms with Crippen molar-refractivity contribution in [2.75, 3.05) is 19.0 Å². The van der Waals surface area contributed by atoms with Crippen LogP contribution in [0.2, 0.25) is 0 Å². The van der Waals surface area contributed by atoms with Crippen molar-refractivity contribution in [1.29, 1.82) is 0 Å². The van der Waals surface area contributed by atoms with Gasteiger partial charge in [0, 0.05) is 17.7 Å². The number of halogens is 1. The summed E-state index contributed by atoms with van der Waals surface area (Å²) < 4.78 is 20.3. The monoisotopic (exact) mass is 500 g/mol.